The third kappa shape index (κ3) is 5.13. The second kappa shape index (κ2) is 9.05. The van der Waals surface area contributed by atoms with Crippen LogP contribution >= 0.6 is 15.9 Å². The van der Waals surface area contributed by atoms with E-state index in [4.69, 9.17) is 4.74 Å². The summed E-state index contributed by atoms with van der Waals surface area (Å²) < 4.78 is 20.7. The van der Waals surface area contributed by atoms with Crippen molar-refractivity contribution in [3.05, 3.63) is 93.3 Å². The van der Waals surface area contributed by atoms with E-state index in [0.717, 1.165) is 10.0 Å². The van der Waals surface area contributed by atoms with Crippen molar-refractivity contribution in [1.82, 2.24) is 19.9 Å². The minimum absolute atomic E-state index is 0.150. The van der Waals surface area contributed by atoms with E-state index in [-0.39, 0.29) is 24.6 Å². The largest absolute Gasteiger partial charge is 0.439 e. The van der Waals surface area contributed by atoms with Crippen LogP contribution in [0.15, 0.2) is 76.4 Å². The fourth-order valence-electron chi connectivity index (χ4n) is 2.88. The molecule has 0 spiro atoms. The second-order valence-electron chi connectivity index (χ2n) is 6.68. The summed E-state index contributed by atoms with van der Waals surface area (Å²) in [7, 11) is 0. The molecule has 0 aliphatic carbocycles. The average molecular weight is 483 g/mol. The average Bonchev–Trinajstić information content (AvgIpc) is 2.76. The third-order valence-corrected chi connectivity index (χ3v) is 4.90. The molecule has 9 heteroatoms. The van der Waals surface area contributed by atoms with Crippen LogP contribution in [0.1, 0.15) is 5.56 Å². The molecule has 0 atom stereocenters. The van der Waals surface area contributed by atoms with Crippen LogP contribution in [0, 0.1) is 5.82 Å². The van der Waals surface area contributed by atoms with Gasteiger partial charge in [0.2, 0.25) is 11.8 Å². The Labute approximate surface area is 184 Å². The summed E-state index contributed by atoms with van der Waals surface area (Å²) in [4.78, 5) is 33.2. The normalized spacial score (nSPS) is 10.8. The van der Waals surface area contributed by atoms with Crippen LogP contribution in [0.2, 0.25) is 0 Å². The molecule has 7 nitrogen and oxygen atoms in total. The third-order valence-electron chi connectivity index (χ3n) is 4.41. The Hall–Kier alpha value is -3.59. The highest BCUT2D eigenvalue weighted by molar-refractivity contribution is 9.10. The first-order valence-electron chi connectivity index (χ1n) is 9.28. The summed E-state index contributed by atoms with van der Waals surface area (Å²) in [5.41, 5.74) is 1.02. The lowest BCUT2D eigenvalue weighted by atomic mass is 10.2. The summed E-state index contributed by atoms with van der Waals surface area (Å²) in [6.07, 6.45) is 2.91. The number of amides is 1. The highest BCUT2D eigenvalue weighted by atomic mass is 79.9. The number of carbonyl (C=O) groups is 1. The molecule has 0 radical (unpaired) electrons. The summed E-state index contributed by atoms with van der Waals surface area (Å²) in [6, 6.07) is 14.3. The van der Waals surface area contributed by atoms with Gasteiger partial charge in [0.15, 0.2) is 0 Å². The predicted molar refractivity (Wildman–Crippen MR) is 116 cm³/mol. The molecule has 4 aromatic rings. The number of pyridine rings is 1. The van der Waals surface area contributed by atoms with Crippen molar-refractivity contribution >= 4 is 32.7 Å². The number of halogens is 2. The van der Waals surface area contributed by atoms with Gasteiger partial charge in [-0.3, -0.25) is 14.2 Å². The van der Waals surface area contributed by atoms with Crippen molar-refractivity contribution in [2.24, 2.45) is 0 Å². The maximum atomic E-state index is 13.2. The van der Waals surface area contributed by atoms with E-state index in [1.54, 1.807) is 48.7 Å². The van der Waals surface area contributed by atoms with Gasteiger partial charge in [0.05, 0.1) is 17.2 Å². The van der Waals surface area contributed by atoms with E-state index in [1.165, 1.54) is 23.0 Å². The number of rotatable bonds is 6. The SMILES string of the molecule is O=C(Cn1cnc2ccc(Br)cc2c1=O)NCc1ccc(Oc2cccc(F)c2)nc1. The number of aromatic nitrogens is 3. The fraction of sp³-hybridized carbons (Fsp3) is 0.0909. The van der Waals surface area contributed by atoms with Crippen molar-refractivity contribution in [2.75, 3.05) is 0 Å². The van der Waals surface area contributed by atoms with Crippen LogP contribution in [0.5, 0.6) is 11.6 Å². The zero-order chi connectivity index (χ0) is 21.8. The molecular weight excluding hydrogens is 467 g/mol. The Morgan fingerprint density at radius 2 is 2.00 bits per heavy atom. The van der Waals surface area contributed by atoms with Crippen molar-refractivity contribution < 1.29 is 13.9 Å². The van der Waals surface area contributed by atoms with Gasteiger partial charge >= 0.3 is 0 Å². The molecule has 0 aliphatic heterocycles. The summed E-state index contributed by atoms with van der Waals surface area (Å²) in [5, 5.41) is 3.18. The van der Waals surface area contributed by atoms with E-state index in [0.29, 0.717) is 22.5 Å². The maximum Gasteiger partial charge on any atom is 0.261 e. The Balaban J connectivity index is 1.36. The summed E-state index contributed by atoms with van der Waals surface area (Å²) in [5.74, 6) is -0.0841. The number of fused-ring (bicyclic) bond motifs is 1. The van der Waals surface area contributed by atoms with Crippen molar-refractivity contribution in [2.45, 2.75) is 13.1 Å². The molecule has 31 heavy (non-hydrogen) atoms. The van der Waals surface area contributed by atoms with Crippen molar-refractivity contribution in [1.29, 1.82) is 0 Å². The minimum Gasteiger partial charge on any atom is -0.439 e. The van der Waals surface area contributed by atoms with Gasteiger partial charge in [0, 0.05) is 29.3 Å². The van der Waals surface area contributed by atoms with Gasteiger partial charge in [-0.15, -0.1) is 0 Å². The quantitative estimate of drug-likeness (QED) is 0.451. The lowest BCUT2D eigenvalue weighted by Gasteiger charge is -2.09. The van der Waals surface area contributed by atoms with Crippen LogP contribution in [0.3, 0.4) is 0 Å². The Morgan fingerprint density at radius 3 is 2.77 bits per heavy atom. The van der Waals surface area contributed by atoms with Crippen LogP contribution in [0.4, 0.5) is 4.39 Å². The lowest BCUT2D eigenvalue weighted by molar-refractivity contribution is -0.121. The van der Waals surface area contributed by atoms with E-state index in [1.807, 2.05) is 0 Å². The first-order chi connectivity index (χ1) is 15.0. The molecule has 1 N–H and O–H groups in total. The molecule has 0 saturated heterocycles. The Bertz CT molecular complexity index is 1310. The van der Waals surface area contributed by atoms with E-state index in [9.17, 15) is 14.0 Å². The summed E-state index contributed by atoms with van der Waals surface area (Å²) in [6.45, 7) is 0.0792. The topological polar surface area (TPSA) is 86.1 Å². The van der Waals surface area contributed by atoms with Crippen LogP contribution in [-0.4, -0.2) is 20.4 Å². The molecular formula is C22H16BrFN4O3. The van der Waals surface area contributed by atoms with Crippen molar-refractivity contribution in [3.63, 3.8) is 0 Å². The van der Waals surface area contributed by atoms with E-state index >= 15 is 0 Å². The van der Waals surface area contributed by atoms with Crippen LogP contribution in [0.25, 0.3) is 10.9 Å². The number of ether oxygens (including phenoxy) is 1. The lowest BCUT2D eigenvalue weighted by Crippen LogP contribution is -2.32. The standard InChI is InChI=1S/C22H16BrFN4O3/c23-15-5-6-19-18(8-15)22(30)28(13-27-19)12-20(29)25-10-14-4-7-21(26-11-14)31-17-3-1-2-16(24)9-17/h1-9,11,13H,10,12H2,(H,25,29). The molecule has 4 rings (SSSR count). The molecule has 2 heterocycles. The maximum absolute atomic E-state index is 13.2. The monoisotopic (exact) mass is 482 g/mol. The molecule has 2 aromatic heterocycles. The Kier molecular flexibility index (Phi) is 6.03. The smallest absolute Gasteiger partial charge is 0.261 e. The number of hydrogen-bond acceptors (Lipinski definition) is 5. The first-order valence-corrected chi connectivity index (χ1v) is 10.1. The fourth-order valence-corrected chi connectivity index (χ4v) is 3.24. The molecule has 0 bridgehead atoms. The zero-order valence-corrected chi connectivity index (χ0v) is 17.7. The Morgan fingerprint density at radius 1 is 1.13 bits per heavy atom. The highest BCUT2D eigenvalue weighted by Crippen LogP contribution is 2.20. The van der Waals surface area contributed by atoms with Gasteiger partial charge in [-0.25, -0.2) is 14.4 Å². The van der Waals surface area contributed by atoms with Gasteiger partial charge in [0.1, 0.15) is 18.1 Å². The van der Waals surface area contributed by atoms with Gasteiger partial charge in [0.25, 0.3) is 5.56 Å². The number of nitrogens with one attached hydrogen (secondary N) is 1. The molecule has 0 unspecified atom stereocenters. The second-order valence-corrected chi connectivity index (χ2v) is 7.60. The number of hydrogen-bond donors (Lipinski definition) is 1. The first kappa shape index (κ1) is 20.7. The van der Waals surface area contributed by atoms with Gasteiger partial charge in [-0.1, -0.05) is 28.1 Å². The van der Waals surface area contributed by atoms with Gasteiger partial charge in [-0.05, 0) is 35.9 Å². The number of carbonyl (C=O) groups excluding carboxylic acids is 1. The molecule has 2 aromatic carbocycles. The van der Waals surface area contributed by atoms with E-state index < -0.39 is 5.82 Å². The van der Waals surface area contributed by atoms with Gasteiger partial charge < -0.3 is 10.1 Å². The zero-order valence-electron chi connectivity index (χ0n) is 16.1. The van der Waals surface area contributed by atoms with Crippen molar-refractivity contribution in [3.8, 4) is 11.6 Å². The molecule has 0 saturated carbocycles. The predicted octanol–water partition coefficient (Wildman–Crippen LogP) is 3.80. The highest BCUT2D eigenvalue weighted by Gasteiger charge is 2.09. The number of benzene rings is 2. The molecule has 1 amide bonds. The molecule has 0 fully saturated rings. The molecule has 0 aliphatic rings. The molecule has 156 valence electrons. The van der Waals surface area contributed by atoms with Crippen LogP contribution < -0.4 is 15.6 Å². The van der Waals surface area contributed by atoms with Gasteiger partial charge in [-0.2, -0.15) is 0 Å². The number of nitrogens with zero attached hydrogens (tertiary/aromatic N) is 3. The van der Waals surface area contributed by atoms with Crippen LogP contribution in [-0.2, 0) is 17.9 Å². The minimum atomic E-state index is -0.398. The summed E-state index contributed by atoms with van der Waals surface area (Å²) >= 11 is 3.33. The van der Waals surface area contributed by atoms with E-state index in [2.05, 4.69) is 31.2 Å².